The number of piperazine rings is 1. The van der Waals surface area contributed by atoms with Gasteiger partial charge < -0.3 is 9.90 Å². The van der Waals surface area contributed by atoms with Gasteiger partial charge in [-0.3, -0.25) is 4.90 Å². The molecule has 0 radical (unpaired) electrons. The molecule has 3 heterocycles. The number of nitrogens with zero attached hydrogens (tertiary/aromatic N) is 3. The first-order valence-corrected chi connectivity index (χ1v) is 15.1. The van der Waals surface area contributed by atoms with E-state index in [0.29, 0.717) is 23.0 Å². The Kier molecular flexibility index (Phi) is 7.49. The second kappa shape index (κ2) is 10.6. The van der Waals surface area contributed by atoms with E-state index in [0.717, 1.165) is 32.6 Å². The van der Waals surface area contributed by atoms with E-state index >= 15 is 0 Å². The van der Waals surface area contributed by atoms with Crippen molar-refractivity contribution in [3.8, 4) is 17.0 Å². The predicted octanol–water partition coefficient (Wildman–Crippen LogP) is 5.33. The fourth-order valence-electron chi connectivity index (χ4n) is 4.41. The average molecular weight is 574 g/mol. The molecule has 2 aromatic carbocycles. The summed E-state index contributed by atoms with van der Waals surface area (Å²) in [7, 11) is -3.79. The zero-order valence-electron chi connectivity index (χ0n) is 19.7. The Labute approximate surface area is 228 Å². The summed E-state index contributed by atoms with van der Waals surface area (Å²) in [5, 5.41) is 12.9. The van der Waals surface area contributed by atoms with Crippen LogP contribution in [-0.2, 0) is 21.4 Å². The van der Waals surface area contributed by atoms with Crippen LogP contribution in [0.3, 0.4) is 0 Å². The maximum Gasteiger partial charge on any atom is 0.225 e. The van der Waals surface area contributed by atoms with Gasteiger partial charge in [0.05, 0.1) is 18.3 Å². The highest BCUT2D eigenvalue weighted by Crippen LogP contribution is 2.37. The van der Waals surface area contributed by atoms with E-state index in [1.807, 2.05) is 28.5 Å². The van der Waals surface area contributed by atoms with Crippen LogP contribution < -0.4 is 0 Å². The number of hydrogen-bond donors (Lipinski definition) is 1. The van der Waals surface area contributed by atoms with Crippen LogP contribution in [0.15, 0.2) is 66.6 Å². The highest BCUT2D eigenvalue weighted by atomic mass is 35.5. The number of phenols is 1. The lowest BCUT2D eigenvalue weighted by Gasteiger charge is -2.38. The van der Waals surface area contributed by atoms with Gasteiger partial charge >= 0.3 is 0 Å². The van der Waals surface area contributed by atoms with Crippen LogP contribution in [0.25, 0.3) is 21.3 Å². The predicted molar refractivity (Wildman–Crippen MR) is 150 cm³/mol. The molecule has 1 aliphatic rings. The Morgan fingerprint density at radius 3 is 2.70 bits per heavy atom. The van der Waals surface area contributed by atoms with Crippen molar-refractivity contribution < 1.29 is 18.3 Å². The molecule has 1 fully saturated rings. The minimum absolute atomic E-state index is 0.0725. The van der Waals surface area contributed by atoms with Crippen molar-refractivity contribution in [3.63, 3.8) is 0 Å². The molecule has 4 aromatic rings. The van der Waals surface area contributed by atoms with Crippen molar-refractivity contribution in [2.75, 3.05) is 19.6 Å². The first kappa shape index (κ1) is 26.0. The van der Waals surface area contributed by atoms with E-state index in [4.69, 9.17) is 11.6 Å². The van der Waals surface area contributed by atoms with Crippen molar-refractivity contribution in [1.82, 2.24) is 14.2 Å². The number of fused-ring (bicyclic) bond motifs is 1. The summed E-state index contributed by atoms with van der Waals surface area (Å²) in [4.78, 5) is 19.3. The van der Waals surface area contributed by atoms with Crippen molar-refractivity contribution in [2.45, 2.75) is 17.8 Å². The third-order valence-corrected chi connectivity index (χ3v) is 10.9. The van der Waals surface area contributed by atoms with Gasteiger partial charge in [0.2, 0.25) is 10.0 Å². The number of hydrogen-bond acceptors (Lipinski definition) is 8. The summed E-state index contributed by atoms with van der Waals surface area (Å²) in [5.41, 5.74) is 1.68. The molecule has 0 aliphatic carbocycles. The van der Waals surface area contributed by atoms with Gasteiger partial charge in [-0.05, 0) is 47.9 Å². The number of thiophene rings is 1. The molecule has 5 rings (SSSR count). The first-order valence-electron chi connectivity index (χ1n) is 11.5. The quantitative estimate of drug-likeness (QED) is 0.226. The Bertz CT molecular complexity index is 1550. The number of carbonyl (C=O) groups is 1. The van der Waals surface area contributed by atoms with E-state index in [2.05, 4.69) is 11.6 Å². The highest BCUT2D eigenvalue weighted by Gasteiger charge is 2.38. The minimum atomic E-state index is -3.79. The van der Waals surface area contributed by atoms with Crippen LogP contribution in [-0.4, -0.2) is 59.7 Å². The van der Waals surface area contributed by atoms with E-state index in [-0.39, 0.29) is 18.8 Å². The smallest absolute Gasteiger partial charge is 0.225 e. The van der Waals surface area contributed by atoms with Gasteiger partial charge in [-0.2, -0.15) is 4.31 Å². The van der Waals surface area contributed by atoms with Gasteiger partial charge in [0.1, 0.15) is 22.3 Å². The molecule has 192 valence electrons. The molecular formula is C26H24ClN3O4S3. The molecule has 2 aromatic heterocycles. The van der Waals surface area contributed by atoms with Gasteiger partial charge in [0, 0.05) is 45.2 Å². The summed E-state index contributed by atoms with van der Waals surface area (Å²) >= 11 is 8.97. The molecule has 11 heteroatoms. The number of phenolic OH excluding ortho intramolecular Hbond substituents is 1. The van der Waals surface area contributed by atoms with Gasteiger partial charge in [-0.15, -0.1) is 29.3 Å². The SMILES string of the molecule is C=CC(c1cc2ccc(Cl)cc2s1)S(=O)(=O)N1CCN(Cc2nc(-c3ccc(O)cc3)cs2)C(C=O)C1. The van der Waals surface area contributed by atoms with Crippen LogP contribution in [0, 0.1) is 0 Å². The summed E-state index contributed by atoms with van der Waals surface area (Å²) < 4.78 is 29.6. The van der Waals surface area contributed by atoms with Crippen molar-refractivity contribution in [2.24, 2.45) is 0 Å². The molecule has 7 nitrogen and oxygen atoms in total. The maximum absolute atomic E-state index is 13.6. The Balaban J connectivity index is 1.31. The lowest BCUT2D eigenvalue weighted by atomic mass is 10.2. The Hall–Kier alpha value is -2.60. The second-order valence-electron chi connectivity index (χ2n) is 8.74. The largest absolute Gasteiger partial charge is 0.508 e. The van der Waals surface area contributed by atoms with Gasteiger partial charge in [-0.25, -0.2) is 13.4 Å². The fraction of sp³-hybridized carbons (Fsp3) is 0.231. The molecule has 2 unspecified atom stereocenters. The number of rotatable bonds is 8. The second-order valence-corrected chi connectivity index (χ2v) is 13.3. The molecule has 1 aliphatic heterocycles. The fourth-order valence-corrected chi connectivity index (χ4v) is 8.69. The number of halogens is 1. The third-order valence-electron chi connectivity index (χ3n) is 6.38. The van der Waals surface area contributed by atoms with Crippen LogP contribution in [0.4, 0.5) is 0 Å². The van der Waals surface area contributed by atoms with E-state index in [1.54, 1.807) is 30.3 Å². The molecule has 1 saturated heterocycles. The van der Waals surface area contributed by atoms with E-state index in [9.17, 15) is 18.3 Å². The number of thiazole rings is 1. The summed E-state index contributed by atoms with van der Waals surface area (Å²) in [6.45, 7) is 4.99. The normalized spacial score (nSPS) is 18.1. The monoisotopic (exact) mass is 573 g/mol. The molecule has 2 atom stereocenters. The van der Waals surface area contributed by atoms with Crippen LogP contribution in [0.5, 0.6) is 5.75 Å². The van der Waals surface area contributed by atoms with Crippen LogP contribution >= 0.6 is 34.3 Å². The molecule has 0 amide bonds. The number of aromatic nitrogens is 1. The first-order chi connectivity index (χ1) is 17.8. The lowest BCUT2D eigenvalue weighted by molar-refractivity contribution is -0.114. The van der Waals surface area contributed by atoms with Crippen molar-refractivity contribution in [3.05, 3.63) is 81.5 Å². The third kappa shape index (κ3) is 5.36. The summed E-state index contributed by atoms with van der Waals surface area (Å²) in [5.74, 6) is 0.191. The molecule has 0 bridgehead atoms. The summed E-state index contributed by atoms with van der Waals surface area (Å²) in [6, 6.07) is 13.6. The van der Waals surface area contributed by atoms with E-state index < -0.39 is 21.3 Å². The van der Waals surface area contributed by atoms with Gasteiger partial charge in [0.25, 0.3) is 0 Å². The number of aldehydes is 1. The topological polar surface area (TPSA) is 90.8 Å². The molecule has 37 heavy (non-hydrogen) atoms. The Morgan fingerprint density at radius 1 is 1.19 bits per heavy atom. The lowest BCUT2D eigenvalue weighted by Crippen LogP contribution is -2.55. The minimum Gasteiger partial charge on any atom is -0.508 e. The summed E-state index contributed by atoms with van der Waals surface area (Å²) in [6.07, 6.45) is 2.25. The molecule has 0 spiro atoms. The standard InChI is InChI=1S/C26H24ClN3O4S3/c1-2-25(24-11-18-3-6-19(27)12-23(18)36-24)37(33,34)30-10-9-29(20(13-30)15-31)14-26-28-22(16-35-26)17-4-7-21(32)8-5-17/h2-8,11-12,15-16,20,25,32H,1,9-10,13-14H2. The van der Waals surface area contributed by atoms with Gasteiger partial charge in [0.15, 0.2) is 0 Å². The van der Waals surface area contributed by atoms with Crippen molar-refractivity contribution >= 4 is 60.7 Å². The zero-order chi connectivity index (χ0) is 26.2. The number of carbonyl (C=O) groups excluding carboxylic acids is 1. The van der Waals surface area contributed by atoms with Crippen LogP contribution in [0.1, 0.15) is 15.1 Å². The highest BCUT2D eigenvalue weighted by molar-refractivity contribution is 7.89. The average Bonchev–Trinajstić information content (AvgIpc) is 3.51. The van der Waals surface area contributed by atoms with Crippen molar-refractivity contribution in [1.29, 1.82) is 0 Å². The Morgan fingerprint density at radius 2 is 1.97 bits per heavy atom. The number of aromatic hydroxyl groups is 1. The van der Waals surface area contributed by atoms with Gasteiger partial charge in [-0.1, -0.05) is 23.7 Å². The van der Waals surface area contributed by atoms with Crippen LogP contribution in [0.2, 0.25) is 5.02 Å². The molecule has 1 N–H and O–H groups in total. The maximum atomic E-state index is 13.6. The number of sulfonamides is 1. The zero-order valence-corrected chi connectivity index (χ0v) is 22.9. The molecular weight excluding hydrogens is 550 g/mol. The molecule has 0 saturated carbocycles. The number of benzene rings is 2. The van der Waals surface area contributed by atoms with E-state index in [1.165, 1.54) is 33.1 Å².